The van der Waals surface area contributed by atoms with E-state index in [1.54, 1.807) is 6.07 Å². The molecule has 1 amide bonds. The number of carbonyl (C=O) groups is 1. The summed E-state index contributed by atoms with van der Waals surface area (Å²) in [5.74, 6) is -4.78. The molecule has 10 heteroatoms. The Hall–Kier alpha value is -2.59. The first kappa shape index (κ1) is 22.1. The fourth-order valence-corrected chi connectivity index (χ4v) is 4.61. The van der Waals surface area contributed by atoms with Gasteiger partial charge in [0.25, 0.3) is 5.91 Å². The predicted molar refractivity (Wildman–Crippen MR) is 103 cm³/mol. The van der Waals surface area contributed by atoms with E-state index in [1.807, 2.05) is 26.0 Å². The van der Waals surface area contributed by atoms with Crippen molar-refractivity contribution in [2.75, 3.05) is 32.8 Å². The van der Waals surface area contributed by atoms with Gasteiger partial charge in [-0.2, -0.15) is 4.31 Å². The lowest BCUT2D eigenvalue weighted by molar-refractivity contribution is -0.134. The van der Waals surface area contributed by atoms with Crippen LogP contribution >= 0.6 is 0 Å². The predicted octanol–water partition coefficient (Wildman–Crippen LogP) is 2.63. The van der Waals surface area contributed by atoms with Crippen LogP contribution in [-0.4, -0.2) is 56.3 Å². The van der Waals surface area contributed by atoms with E-state index in [2.05, 4.69) is 0 Å². The van der Waals surface area contributed by atoms with Crippen LogP contribution in [-0.2, 0) is 14.8 Å². The molecular formula is C20H21F3N2O4S. The van der Waals surface area contributed by atoms with Gasteiger partial charge in [-0.25, -0.2) is 21.6 Å². The molecule has 0 N–H and O–H groups in total. The molecule has 1 fully saturated rings. The first-order valence-electron chi connectivity index (χ1n) is 9.23. The number of amides is 1. The molecule has 0 aromatic heterocycles. The number of nitrogens with zero attached hydrogens (tertiary/aromatic N) is 2. The summed E-state index contributed by atoms with van der Waals surface area (Å²) in [6, 6.07) is 6.77. The van der Waals surface area contributed by atoms with E-state index in [0.717, 1.165) is 15.4 Å². The van der Waals surface area contributed by atoms with Gasteiger partial charge in [-0.1, -0.05) is 12.1 Å². The molecule has 0 bridgehead atoms. The zero-order chi connectivity index (χ0) is 22.1. The van der Waals surface area contributed by atoms with Crippen LogP contribution in [0.3, 0.4) is 0 Å². The Morgan fingerprint density at radius 3 is 2.33 bits per heavy atom. The van der Waals surface area contributed by atoms with Crippen LogP contribution in [0.2, 0.25) is 0 Å². The average molecular weight is 442 g/mol. The monoisotopic (exact) mass is 442 g/mol. The molecule has 0 radical (unpaired) electrons. The van der Waals surface area contributed by atoms with Crippen molar-refractivity contribution < 1.29 is 31.1 Å². The van der Waals surface area contributed by atoms with Gasteiger partial charge in [-0.15, -0.1) is 0 Å². The van der Waals surface area contributed by atoms with Gasteiger partial charge in [-0.3, -0.25) is 4.79 Å². The van der Waals surface area contributed by atoms with Gasteiger partial charge in [-0.05, 0) is 43.2 Å². The Bertz CT molecular complexity index is 1070. The fraction of sp³-hybridized carbons (Fsp3) is 0.350. The Balaban J connectivity index is 1.62. The van der Waals surface area contributed by atoms with Crippen molar-refractivity contribution in [2.45, 2.75) is 18.7 Å². The molecule has 2 aromatic carbocycles. The van der Waals surface area contributed by atoms with Crippen LogP contribution in [0.15, 0.2) is 35.2 Å². The lowest BCUT2D eigenvalue weighted by Crippen LogP contribution is -2.51. The standard InChI is InChI=1S/C20H21F3N2O4S/c1-13-4-3-5-16(14(13)2)29-12-18(26)24-8-10-25(11-9-24)30(27,28)17-7-6-15(21)19(22)20(17)23/h3-7H,8-12H2,1-2H3. The van der Waals surface area contributed by atoms with Crippen molar-refractivity contribution in [1.29, 1.82) is 0 Å². The molecule has 1 heterocycles. The van der Waals surface area contributed by atoms with Crippen molar-refractivity contribution >= 4 is 15.9 Å². The van der Waals surface area contributed by atoms with E-state index < -0.39 is 32.4 Å². The Kier molecular flexibility index (Phi) is 6.37. The quantitative estimate of drug-likeness (QED) is 0.668. The highest BCUT2D eigenvalue weighted by Crippen LogP contribution is 2.24. The SMILES string of the molecule is Cc1cccc(OCC(=O)N2CCN(S(=O)(=O)c3ccc(F)c(F)c3F)CC2)c1C. The lowest BCUT2D eigenvalue weighted by Gasteiger charge is -2.34. The molecule has 6 nitrogen and oxygen atoms in total. The number of ether oxygens (including phenoxy) is 1. The first-order chi connectivity index (χ1) is 14.1. The molecule has 0 saturated carbocycles. The second-order valence-electron chi connectivity index (χ2n) is 6.95. The number of halogens is 3. The summed E-state index contributed by atoms with van der Waals surface area (Å²) >= 11 is 0. The van der Waals surface area contributed by atoms with Gasteiger partial charge in [0.2, 0.25) is 10.0 Å². The van der Waals surface area contributed by atoms with E-state index in [0.29, 0.717) is 17.9 Å². The third-order valence-corrected chi connectivity index (χ3v) is 7.03. The molecule has 1 saturated heterocycles. The maximum absolute atomic E-state index is 13.9. The van der Waals surface area contributed by atoms with Crippen LogP contribution in [0.25, 0.3) is 0 Å². The fourth-order valence-electron chi connectivity index (χ4n) is 3.14. The molecule has 0 aliphatic carbocycles. The van der Waals surface area contributed by atoms with Gasteiger partial charge >= 0.3 is 0 Å². The first-order valence-corrected chi connectivity index (χ1v) is 10.7. The number of aryl methyl sites for hydroxylation is 1. The highest BCUT2D eigenvalue weighted by atomic mass is 32.2. The molecule has 0 spiro atoms. The van der Waals surface area contributed by atoms with E-state index in [-0.39, 0.29) is 38.7 Å². The minimum absolute atomic E-state index is 0.0690. The molecule has 162 valence electrons. The summed E-state index contributed by atoms with van der Waals surface area (Å²) in [6.07, 6.45) is 0. The number of hydrogen-bond donors (Lipinski definition) is 0. The molecule has 1 aliphatic rings. The maximum atomic E-state index is 13.9. The van der Waals surface area contributed by atoms with Crippen molar-refractivity contribution in [3.05, 3.63) is 58.9 Å². The summed E-state index contributed by atoms with van der Waals surface area (Å²) in [6.45, 7) is 3.55. The number of hydrogen-bond acceptors (Lipinski definition) is 4. The summed E-state index contributed by atoms with van der Waals surface area (Å²) in [5, 5.41) is 0. The largest absolute Gasteiger partial charge is 0.483 e. The second kappa shape index (κ2) is 8.65. The summed E-state index contributed by atoms with van der Waals surface area (Å²) < 4.78 is 72.2. The normalized spacial score (nSPS) is 15.3. The molecule has 0 unspecified atom stereocenters. The zero-order valence-electron chi connectivity index (χ0n) is 16.5. The average Bonchev–Trinajstić information content (AvgIpc) is 2.72. The number of sulfonamides is 1. The Morgan fingerprint density at radius 1 is 1.00 bits per heavy atom. The minimum atomic E-state index is -4.36. The smallest absolute Gasteiger partial charge is 0.260 e. The maximum Gasteiger partial charge on any atom is 0.260 e. The molecular weight excluding hydrogens is 421 g/mol. The van der Waals surface area contributed by atoms with Crippen LogP contribution in [0, 0.1) is 31.3 Å². The zero-order valence-corrected chi connectivity index (χ0v) is 17.3. The van der Waals surface area contributed by atoms with E-state index in [9.17, 15) is 26.4 Å². The van der Waals surface area contributed by atoms with Crippen molar-refractivity contribution in [3.63, 3.8) is 0 Å². The van der Waals surface area contributed by atoms with Crippen LogP contribution in [0.4, 0.5) is 13.2 Å². The summed E-state index contributed by atoms with van der Waals surface area (Å²) in [7, 11) is -4.36. The molecule has 1 aliphatic heterocycles. The third kappa shape index (κ3) is 4.29. The Morgan fingerprint density at radius 2 is 1.67 bits per heavy atom. The van der Waals surface area contributed by atoms with Gasteiger partial charge in [0.1, 0.15) is 10.6 Å². The van der Waals surface area contributed by atoms with E-state index in [1.165, 1.54) is 4.90 Å². The van der Waals surface area contributed by atoms with E-state index >= 15 is 0 Å². The van der Waals surface area contributed by atoms with Crippen LogP contribution < -0.4 is 4.74 Å². The second-order valence-corrected chi connectivity index (χ2v) is 8.85. The van der Waals surface area contributed by atoms with Gasteiger partial charge in [0, 0.05) is 26.2 Å². The number of rotatable bonds is 5. The highest BCUT2D eigenvalue weighted by Gasteiger charge is 2.33. The van der Waals surface area contributed by atoms with Crippen LogP contribution in [0.1, 0.15) is 11.1 Å². The molecule has 0 atom stereocenters. The lowest BCUT2D eigenvalue weighted by atomic mass is 10.1. The molecule has 30 heavy (non-hydrogen) atoms. The number of piperazine rings is 1. The van der Waals surface area contributed by atoms with Crippen molar-refractivity contribution in [1.82, 2.24) is 9.21 Å². The van der Waals surface area contributed by atoms with Crippen molar-refractivity contribution in [2.24, 2.45) is 0 Å². The third-order valence-electron chi connectivity index (χ3n) is 5.11. The molecule has 3 rings (SSSR count). The minimum Gasteiger partial charge on any atom is -0.483 e. The van der Waals surface area contributed by atoms with Gasteiger partial charge in [0.15, 0.2) is 24.1 Å². The highest BCUT2D eigenvalue weighted by molar-refractivity contribution is 7.89. The number of carbonyl (C=O) groups excluding carboxylic acids is 1. The van der Waals surface area contributed by atoms with Crippen molar-refractivity contribution in [3.8, 4) is 5.75 Å². The van der Waals surface area contributed by atoms with E-state index in [4.69, 9.17) is 4.74 Å². The molecule has 2 aromatic rings. The summed E-state index contributed by atoms with van der Waals surface area (Å²) in [4.78, 5) is 12.9. The van der Waals surface area contributed by atoms with Crippen LogP contribution in [0.5, 0.6) is 5.75 Å². The number of benzene rings is 2. The van der Waals surface area contributed by atoms with Gasteiger partial charge < -0.3 is 9.64 Å². The topological polar surface area (TPSA) is 66.9 Å². The Labute approximate surface area is 172 Å². The summed E-state index contributed by atoms with van der Waals surface area (Å²) in [5.41, 5.74) is 1.96. The van der Waals surface area contributed by atoms with Gasteiger partial charge in [0.05, 0.1) is 0 Å².